The number of unbranched alkanes of at least 4 members (excludes halogenated alkanes) is 2. The number of nitrogens with zero attached hydrogens (tertiary/aromatic N) is 1. The molecule has 0 aromatic rings. The molecule has 2 bridgehead atoms. The van der Waals surface area contributed by atoms with Crippen molar-refractivity contribution in [2.45, 2.75) is 149 Å². The minimum absolute atomic E-state index is 0. The average Bonchev–Trinajstić information content (AvgIpc) is 3.46. The summed E-state index contributed by atoms with van der Waals surface area (Å²) in [6.45, 7) is 21.0. The fraction of sp³-hybridized carbons (Fsp3) is 0.848. The van der Waals surface area contributed by atoms with E-state index in [9.17, 15) is 14.4 Å². The Hall–Kier alpha value is -0.701. The number of amides is 3. The second-order valence-electron chi connectivity index (χ2n) is 15.0. The molecular formula is C33H58BN3O6Y-2. The summed E-state index contributed by atoms with van der Waals surface area (Å²) in [6, 6.07) is -1.43. The van der Waals surface area contributed by atoms with Gasteiger partial charge >= 0.3 is 13.2 Å². The van der Waals surface area contributed by atoms with Crippen LogP contribution in [0.15, 0.2) is 0 Å². The summed E-state index contributed by atoms with van der Waals surface area (Å²) in [5.41, 5.74) is -0.799. The number of hydrogen-bond acceptors (Lipinski definition) is 6. The van der Waals surface area contributed by atoms with Crippen molar-refractivity contribution in [3.63, 3.8) is 0 Å². The Bertz CT molecular complexity index is 1010. The molecule has 8 unspecified atom stereocenters. The third-order valence-electron chi connectivity index (χ3n) is 10.3. The molecule has 3 amide bonds. The van der Waals surface area contributed by atoms with Gasteiger partial charge in [-0.1, -0.05) is 53.4 Å². The monoisotopic (exact) mass is 692 g/mol. The van der Waals surface area contributed by atoms with Gasteiger partial charge in [-0.25, -0.2) is 4.79 Å². The summed E-state index contributed by atoms with van der Waals surface area (Å²) in [6.07, 6.45) is 6.80. The molecule has 2 aliphatic heterocycles. The summed E-state index contributed by atoms with van der Waals surface area (Å²) in [4.78, 5) is 41.9. The van der Waals surface area contributed by atoms with Gasteiger partial charge in [0.25, 0.3) is 0 Å². The van der Waals surface area contributed by atoms with E-state index in [4.69, 9.17) is 14.0 Å². The molecule has 1 radical (unpaired) electrons. The first-order valence-electron chi connectivity index (χ1n) is 16.4. The van der Waals surface area contributed by atoms with Crippen LogP contribution in [0.25, 0.3) is 0 Å². The van der Waals surface area contributed by atoms with Crippen LogP contribution in [0.3, 0.4) is 0 Å². The van der Waals surface area contributed by atoms with Gasteiger partial charge in [-0.15, -0.1) is 5.92 Å². The molecule has 5 rings (SSSR count). The van der Waals surface area contributed by atoms with Gasteiger partial charge in [0.1, 0.15) is 17.7 Å². The van der Waals surface area contributed by atoms with Crippen LogP contribution < -0.4 is 10.6 Å². The van der Waals surface area contributed by atoms with E-state index in [1.54, 1.807) is 25.7 Å². The van der Waals surface area contributed by atoms with Gasteiger partial charge in [0, 0.05) is 32.7 Å². The van der Waals surface area contributed by atoms with Gasteiger partial charge in [-0.2, -0.15) is 0 Å². The standard InChI is InChI=1S/C32H55BN3O6.CH3.Y/c1-10-12-14-22(34-29(39)40-30(4,5)6)28(38)36-19-20(3)16-23(36)27(37)35-26(15-13-11-2)33-41-25-18-21-17-24(31(21,7)8)32(25,9)42-33;;/h20-26H,3,10-19H2,1-2,4-9H3,(H,34,39)(H,35,37);1H3;/q2*-1;. The molecular weight excluding hydrogens is 634 g/mol. The summed E-state index contributed by atoms with van der Waals surface area (Å²) in [5, 5.41) is 6.02. The van der Waals surface area contributed by atoms with Crippen LogP contribution in [-0.2, 0) is 56.3 Å². The zero-order valence-electron chi connectivity index (χ0n) is 28.9. The molecule has 5 fully saturated rings. The van der Waals surface area contributed by atoms with Gasteiger partial charge in [0.2, 0.25) is 11.8 Å². The molecule has 3 aliphatic carbocycles. The Morgan fingerprint density at radius 3 is 2.27 bits per heavy atom. The van der Waals surface area contributed by atoms with Gasteiger partial charge in [-0.05, 0) is 83.6 Å². The molecule has 0 aromatic carbocycles. The number of rotatable bonds is 11. The molecule has 2 N–H and O–H groups in total. The van der Waals surface area contributed by atoms with Crippen LogP contribution in [-0.4, -0.2) is 71.8 Å². The molecule has 2 saturated heterocycles. The first-order chi connectivity index (χ1) is 19.6. The normalized spacial score (nSPS) is 31.4. The number of hydrogen-bond donors (Lipinski definition) is 2. The molecule has 8 atom stereocenters. The minimum Gasteiger partial charge on any atom is -0.444 e. The zero-order chi connectivity index (χ0) is 31.0. The third-order valence-corrected chi connectivity index (χ3v) is 10.3. The predicted molar refractivity (Wildman–Crippen MR) is 170 cm³/mol. The van der Waals surface area contributed by atoms with Gasteiger partial charge in [0.15, 0.2) is 0 Å². The van der Waals surface area contributed by atoms with Crippen molar-refractivity contribution >= 4 is 25.0 Å². The van der Waals surface area contributed by atoms with Crippen molar-refractivity contribution in [2.75, 3.05) is 6.54 Å². The molecule has 9 nitrogen and oxygen atoms in total. The maximum absolute atomic E-state index is 13.9. The van der Waals surface area contributed by atoms with Crippen LogP contribution in [0.4, 0.5) is 4.79 Å². The van der Waals surface area contributed by atoms with E-state index in [0.29, 0.717) is 31.2 Å². The number of carbonyl (C=O) groups is 3. The first-order valence-corrected chi connectivity index (χ1v) is 16.4. The maximum atomic E-state index is 13.9. The van der Waals surface area contributed by atoms with Crippen molar-refractivity contribution in [3.8, 4) is 0 Å². The van der Waals surface area contributed by atoms with E-state index < -0.39 is 30.9 Å². The quantitative estimate of drug-likeness (QED) is 0.219. The van der Waals surface area contributed by atoms with Crippen LogP contribution in [0.2, 0.25) is 0 Å². The molecule has 3 saturated carbocycles. The van der Waals surface area contributed by atoms with Crippen molar-refractivity contribution in [1.29, 1.82) is 0 Å². The van der Waals surface area contributed by atoms with Crippen molar-refractivity contribution in [3.05, 3.63) is 14.4 Å². The SMILES string of the molecule is [CH2-]C1CC(C(=O)NC(CCCC)B2OC3CC4CC(C4(C)C)C3(C)O2)N(C(=O)C(CCCC)NC(=O)OC(C)(C)C)C1.[CH3-].[Y]. The van der Waals surface area contributed by atoms with E-state index in [2.05, 4.69) is 45.3 Å². The van der Waals surface area contributed by atoms with Gasteiger partial charge < -0.3 is 43.9 Å². The number of ether oxygens (including phenoxy) is 1. The second-order valence-corrected chi connectivity index (χ2v) is 15.0. The molecule has 0 aromatic heterocycles. The first kappa shape index (κ1) is 39.5. The van der Waals surface area contributed by atoms with E-state index in [0.717, 1.165) is 38.5 Å². The topological polar surface area (TPSA) is 106 Å². The predicted octanol–water partition coefficient (Wildman–Crippen LogP) is 5.51. The molecule has 2 heterocycles. The van der Waals surface area contributed by atoms with Gasteiger partial charge in [-0.3, -0.25) is 9.59 Å². The minimum atomic E-state index is -0.768. The Morgan fingerprint density at radius 2 is 1.68 bits per heavy atom. The third kappa shape index (κ3) is 8.41. The summed E-state index contributed by atoms with van der Waals surface area (Å²) < 4.78 is 18.7. The molecule has 44 heavy (non-hydrogen) atoms. The molecule has 249 valence electrons. The summed E-state index contributed by atoms with van der Waals surface area (Å²) >= 11 is 0. The Balaban J connectivity index is 0.00000337. The Morgan fingerprint density at radius 1 is 1.05 bits per heavy atom. The fourth-order valence-electron chi connectivity index (χ4n) is 7.78. The molecule has 11 heteroatoms. The summed E-state index contributed by atoms with van der Waals surface area (Å²) in [5.74, 6) is 0.222. The smallest absolute Gasteiger partial charge is 0.444 e. The maximum Gasteiger partial charge on any atom is 0.481 e. The zero-order valence-corrected chi connectivity index (χ0v) is 31.7. The Labute approximate surface area is 292 Å². The van der Waals surface area contributed by atoms with Crippen LogP contribution in [0, 0.1) is 37.5 Å². The fourth-order valence-corrected chi connectivity index (χ4v) is 7.78. The molecule has 0 spiro atoms. The number of carbonyl (C=O) groups excluding carboxylic acids is 3. The summed E-state index contributed by atoms with van der Waals surface area (Å²) in [7, 11) is -0.516. The largest absolute Gasteiger partial charge is 0.481 e. The Kier molecular flexibility index (Phi) is 13.9. The number of alkyl carbamates (subject to hydrolysis) is 1. The van der Waals surface area contributed by atoms with Crippen LogP contribution in [0.5, 0.6) is 0 Å². The van der Waals surface area contributed by atoms with E-state index in [1.807, 2.05) is 6.92 Å². The van der Waals surface area contributed by atoms with Crippen molar-refractivity contribution < 1.29 is 61.1 Å². The molecule has 5 aliphatic rings. The van der Waals surface area contributed by atoms with Crippen LogP contribution in [0.1, 0.15) is 113 Å². The number of nitrogens with one attached hydrogen (secondary N) is 2. The van der Waals surface area contributed by atoms with E-state index in [-0.39, 0.29) is 80.9 Å². The van der Waals surface area contributed by atoms with Gasteiger partial charge in [0.05, 0.1) is 17.6 Å². The number of likely N-dealkylation sites (tertiary alicyclic amines) is 1. The van der Waals surface area contributed by atoms with E-state index >= 15 is 0 Å². The van der Waals surface area contributed by atoms with Crippen molar-refractivity contribution in [1.82, 2.24) is 15.5 Å². The van der Waals surface area contributed by atoms with Crippen LogP contribution >= 0.6 is 0 Å². The van der Waals surface area contributed by atoms with Crippen molar-refractivity contribution in [2.24, 2.45) is 23.2 Å². The average molecular weight is 693 g/mol. The van der Waals surface area contributed by atoms with E-state index in [1.165, 1.54) is 6.42 Å². The second kappa shape index (κ2) is 15.5.